The van der Waals surface area contributed by atoms with E-state index in [4.69, 9.17) is 14.2 Å². The molecule has 6 heteroatoms. The lowest BCUT2D eigenvalue weighted by Gasteiger charge is -2.18. The first-order chi connectivity index (χ1) is 41.0. The molecule has 0 aliphatic rings. The summed E-state index contributed by atoms with van der Waals surface area (Å²) in [5.41, 5.74) is 0. The van der Waals surface area contributed by atoms with Crippen LogP contribution in [0.4, 0.5) is 0 Å². The molecule has 0 aromatic rings. The molecule has 0 heterocycles. The molecule has 0 aliphatic heterocycles. The topological polar surface area (TPSA) is 78.9 Å². The molecular formula is C77H130O6. The first-order valence-electron chi connectivity index (χ1n) is 35.0. The molecule has 1 atom stereocenters. The molecule has 0 saturated carbocycles. The summed E-state index contributed by atoms with van der Waals surface area (Å²) in [5.74, 6) is -0.943. The Kier molecular flexibility index (Phi) is 66.7. The largest absolute Gasteiger partial charge is 0.462 e. The molecule has 6 nitrogen and oxygen atoms in total. The molecule has 0 spiro atoms. The van der Waals surface area contributed by atoms with E-state index in [1.165, 1.54) is 167 Å². The van der Waals surface area contributed by atoms with Crippen molar-refractivity contribution in [1.29, 1.82) is 0 Å². The van der Waals surface area contributed by atoms with Gasteiger partial charge in [0, 0.05) is 19.3 Å². The third-order valence-corrected chi connectivity index (χ3v) is 14.9. The lowest BCUT2D eigenvalue weighted by atomic mass is 10.0. The van der Waals surface area contributed by atoms with Gasteiger partial charge < -0.3 is 14.2 Å². The van der Waals surface area contributed by atoms with Crippen molar-refractivity contribution < 1.29 is 28.6 Å². The number of allylic oxidation sites excluding steroid dienone is 20. The van der Waals surface area contributed by atoms with Gasteiger partial charge in [-0.05, 0) is 135 Å². The van der Waals surface area contributed by atoms with Crippen LogP contribution in [0.15, 0.2) is 122 Å². The van der Waals surface area contributed by atoms with Gasteiger partial charge in [-0.3, -0.25) is 14.4 Å². The number of carbonyl (C=O) groups excluding carboxylic acids is 3. The van der Waals surface area contributed by atoms with Gasteiger partial charge in [-0.2, -0.15) is 0 Å². The van der Waals surface area contributed by atoms with Crippen LogP contribution in [0.5, 0.6) is 0 Å². The van der Waals surface area contributed by atoms with Crippen LogP contribution in [0.3, 0.4) is 0 Å². The average molecular weight is 1150 g/mol. The maximum atomic E-state index is 12.9. The summed E-state index contributed by atoms with van der Waals surface area (Å²) in [5, 5.41) is 0. The summed E-state index contributed by atoms with van der Waals surface area (Å²) in [7, 11) is 0. The molecular weight excluding hydrogens is 1020 g/mol. The Morgan fingerprint density at radius 2 is 0.470 bits per heavy atom. The SMILES string of the molecule is CC/C=C\C/C=C\C/C=C\C/C=C\C/C=C\C/C=C\CCCCC(=O)OC(COC(=O)CCCCCCC/C=C\CCCCCC)COC(=O)CCCCCCCCCCCCCCCCCC/C=C\C/C=C\C/C=C\CCCCCCC. The predicted octanol–water partition coefficient (Wildman–Crippen LogP) is 24.3. The number of carbonyl (C=O) groups is 3. The molecule has 474 valence electrons. The highest BCUT2D eigenvalue weighted by Crippen LogP contribution is 2.16. The zero-order valence-electron chi connectivity index (χ0n) is 54.4. The molecule has 0 N–H and O–H groups in total. The van der Waals surface area contributed by atoms with Crippen molar-refractivity contribution >= 4 is 17.9 Å². The number of hydrogen-bond donors (Lipinski definition) is 0. The monoisotopic (exact) mass is 1150 g/mol. The van der Waals surface area contributed by atoms with Crippen molar-refractivity contribution in [3.63, 3.8) is 0 Å². The normalized spacial score (nSPS) is 12.9. The van der Waals surface area contributed by atoms with Gasteiger partial charge in [-0.15, -0.1) is 0 Å². The van der Waals surface area contributed by atoms with Crippen LogP contribution >= 0.6 is 0 Å². The van der Waals surface area contributed by atoms with Crippen LogP contribution in [0.25, 0.3) is 0 Å². The summed E-state index contributed by atoms with van der Waals surface area (Å²) in [4.78, 5) is 38.4. The van der Waals surface area contributed by atoms with E-state index >= 15 is 0 Å². The summed E-state index contributed by atoms with van der Waals surface area (Å²) in [6.07, 6.45) is 98.0. The molecule has 0 saturated heterocycles. The molecule has 0 rings (SSSR count). The summed E-state index contributed by atoms with van der Waals surface area (Å²) in [6.45, 7) is 6.48. The van der Waals surface area contributed by atoms with Gasteiger partial charge in [0.05, 0.1) is 0 Å². The van der Waals surface area contributed by atoms with Gasteiger partial charge in [-0.25, -0.2) is 0 Å². The molecule has 0 aromatic carbocycles. The maximum Gasteiger partial charge on any atom is 0.306 e. The van der Waals surface area contributed by atoms with E-state index in [0.29, 0.717) is 19.3 Å². The first-order valence-corrected chi connectivity index (χ1v) is 35.0. The van der Waals surface area contributed by atoms with Crippen LogP contribution in [0.2, 0.25) is 0 Å². The smallest absolute Gasteiger partial charge is 0.306 e. The van der Waals surface area contributed by atoms with E-state index in [2.05, 4.69) is 142 Å². The Balaban J connectivity index is 4.30. The maximum absolute atomic E-state index is 12.9. The Bertz CT molecular complexity index is 1700. The van der Waals surface area contributed by atoms with E-state index in [1.54, 1.807) is 0 Å². The van der Waals surface area contributed by atoms with Crippen LogP contribution < -0.4 is 0 Å². The van der Waals surface area contributed by atoms with Gasteiger partial charge in [-0.1, -0.05) is 296 Å². The highest BCUT2D eigenvalue weighted by Gasteiger charge is 2.19. The molecule has 0 fully saturated rings. The minimum atomic E-state index is -0.808. The Hall–Kier alpha value is -4.19. The highest BCUT2D eigenvalue weighted by molar-refractivity contribution is 5.71. The summed E-state index contributed by atoms with van der Waals surface area (Å²) < 4.78 is 16.9. The number of rotatable bonds is 63. The van der Waals surface area contributed by atoms with Crippen LogP contribution in [0.1, 0.15) is 329 Å². The van der Waals surface area contributed by atoms with Gasteiger partial charge in [0.25, 0.3) is 0 Å². The van der Waals surface area contributed by atoms with Gasteiger partial charge in [0.15, 0.2) is 6.10 Å². The molecule has 0 aliphatic carbocycles. The summed E-state index contributed by atoms with van der Waals surface area (Å²) >= 11 is 0. The van der Waals surface area contributed by atoms with Gasteiger partial charge in [0.1, 0.15) is 13.2 Å². The van der Waals surface area contributed by atoms with Crippen LogP contribution in [-0.4, -0.2) is 37.2 Å². The van der Waals surface area contributed by atoms with Crippen LogP contribution in [-0.2, 0) is 28.6 Å². The molecule has 0 bridgehead atoms. The second-order valence-corrected chi connectivity index (χ2v) is 23.1. The third kappa shape index (κ3) is 68.5. The second kappa shape index (κ2) is 70.3. The standard InChI is InChI=1S/C77H130O6/c1-4-7-10-13-16-19-22-25-27-29-31-33-34-35-36-37-38-39-40-41-42-44-45-47-49-52-55-58-61-64-67-70-76(79)82-73-74(72-81-75(78)69-66-63-60-57-54-51-24-21-18-15-12-9-6-3)83-77(80)71-68-65-62-59-56-53-50-48-46-43-32-30-28-26-23-20-17-14-11-8-5-2/h8,11,17,20-22,24-26,28-29,31-32,34-35,43,48,50,56,59,74H,4-7,9-10,12-16,18-19,23,27,30,33,36-42,44-47,49,51-55,57-58,60-73H2,1-3H3/b11-8-,20-17-,24-21-,25-22-,28-26-,31-29-,35-34-,43-32-,50-48-,59-56-. The van der Waals surface area contributed by atoms with E-state index < -0.39 is 6.10 Å². The van der Waals surface area contributed by atoms with Crippen molar-refractivity contribution in [3.05, 3.63) is 122 Å². The number of esters is 3. The number of unbranched alkanes of at least 4 members (excludes halogenated alkanes) is 32. The van der Waals surface area contributed by atoms with Crippen molar-refractivity contribution in [3.8, 4) is 0 Å². The summed E-state index contributed by atoms with van der Waals surface area (Å²) in [6, 6.07) is 0. The molecule has 1 unspecified atom stereocenters. The predicted molar refractivity (Wildman–Crippen MR) is 362 cm³/mol. The van der Waals surface area contributed by atoms with E-state index in [1.807, 2.05) is 0 Å². The van der Waals surface area contributed by atoms with Crippen molar-refractivity contribution in [2.75, 3.05) is 13.2 Å². The second-order valence-electron chi connectivity index (χ2n) is 23.1. The quantitative estimate of drug-likeness (QED) is 0.0261. The van der Waals surface area contributed by atoms with Crippen molar-refractivity contribution in [1.82, 2.24) is 0 Å². The van der Waals surface area contributed by atoms with E-state index in [-0.39, 0.29) is 37.5 Å². The minimum Gasteiger partial charge on any atom is -0.462 e. The van der Waals surface area contributed by atoms with Crippen molar-refractivity contribution in [2.45, 2.75) is 335 Å². The average Bonchev–Trinajstić information content (AvgIpc) is 3.49. The molecule has 83 heavy (non-hydrogen) atoms. The van der Waals surface area contributed by atoms with Crippen molar-refractivity contribution in [2.24, 2.45) is 0 Å². The third-order valence-electron chi connectivity index (χ3n) is 14.9. The number of ether oxygens (including phenoxy) is 3. The Morgan fingerprint density at radius 3 is 0.783 bits per heavy atom. The highest BCUT2D eigenvalue weighted by atomic mass is 16.6. The fourth-order valence-corrected chi connectivity index (χ4v) is 9.68. The zero-order valence-corrected chi connectivity index (χ0v) is 54.4. The Labute approximate surface area is 513 Å². The van der Waals surface area contributed by atoms with Crippen LogP contribution in [0, 0.1) is 0 Å². The lowest BCUT2D eigenvalue weighted by molar-refractivity contribution is -0.167. The van der Waals surface area contributed by atoms with E-state index in [9.17, 15) is 14.4 Å². The lowest BCUT2D eigenvalue weighted by Crippen LogP contribution is -2.30. The molecule has 0 amide bonds. The van der Waals surface area contributed by atoms with Gasteiger partial charge >= 0.3 is 17.9 Å². The fourth-order valence-electron chi connectivity index (χ4n) is 9.68. The first kappa shape index (κ1) is 78.8. The van der Waals surface area contributed by atoms with E-state index in [0.717, 1.165) is 116 Å². The molecule has 0 radical (unpaired) electrons. The Morgan fingerprint density at radius 1 is 0.253 bits per heavy atom. The number of hydrogen-bond acceptors (Lipinski definition) is 6. The molecule has 0 aromatic heterocycles. The zero-order chi connectivity index (χ0) is 59.9. The fraction of sp³-hybridized carbons (Fsp3) is 0.701. The van der Waals surface area contributed by atoms with Gasteiger partial charge in [0.2, 0.25) is 0 Å². The minimum absolute atomic E-state index is 0.0988.